The molecule has 0 atom stereocenters. The summed E-state index contributed by atoms with van der Waals surface area (Å²) in [7, 11) is 0. The van der Waals surface area contributed by atoms with E-state index in [1.807, 2.05) is 11.3 Å². The molecule has 0 N–H and O–H groups in total. The second-order valence-electron chi connectivity index (χ2n) is 14.6. The van der Waals surface area contributed by atoms with Crippen LogP contribution in [0.4, 0.5) is 17.1 Å². The van der Waals surface area contributed by atoms with Gasteiger partial charge in [-0.25, -0.2) is 0 Å². The van der Waals surface area contributed by atoms with Gasteiger partial charge in [0.2, 0.25) is 0 Å². The molecular weight excluding hydrogens is 709 g/mol. The zero-order valence-corrected chi connectivity index (χ0v) is 31.9. The van der Waals surface area contributed by atoms with E-state index in [1.54, 1.807) is 0 Å². The standard InChI is InChI=1S/C54H36N2S/c1-3-12-37(13-4-1)38-22-27-44(28-23-38)55(46-31-33-50-49-19-8-10-21-53(49)57-54(50)36-46)45-29-24-39(25-30-45)40-14-11-15-41(34-40)42-26-32-48-47-18-7-9-20-51(47)56(52(48)35-42)43-16-5-2-6-17-43/h1-36H. The van der Waals surface area contributed by atoms with E-state index in [4.69, 9.17) is 0 Å². The minimum atomic E-state index is 1.11. The van der Waals surface area contributed by atoms with Gasteiger partial charge in [0, 0.05) is 53.7 Å². The van der Waals surface area contributed by atoms with Crippen LogP contribution in [0, 0.1) is 0 Å². The molecule has 0 aliphatic heterocycles. The van der Waals surface area contributed by atoms with Crippen LogP contribution in [-0.2, 0) is 0 Å². The zero-order valence-electron chi connectivity index (χ0n) is 31.1. The van der Waals surface area contributed by atoms with Crippen molar-refractivity contribution < 1.29 is 0 Å². The first-order valence-corrected chi connectivity index (χ1v) is 20.2. The Morgan fingerprint density at radius 2 is 0.789 bits per heavy atom. The molecule has 268 valence electrons. The van der Waals surface area contributed by atoms with E-state index in [-0.39, 0.29) is 0 Å². The lowest BCUT2D eigenvalue weighted by atomic mass is 9.98. The zero-order chi connectivity index (χ0) is 37.7. The Hall–Kier alpha value is -7.20. The summed E-state index contributed by atoms with van der Waals surface area (Å²) in [6, 6.07) is 79.3. The summed E-state index contributed by atoms with van der Waals surface area (Å²) in [4.78, 5) is 2.37. The molecule has 0 saturated carbocycles. The molecule has 0 aliphatic carbocycles. The molecule has 11 rings (SSSR count). The number of benzene rings is 9. The number of para-hydroxylation sites is 2. The molecular formula is C54H36N2S. The Morgan fingerprint density at radius 1 is 0.298 bits per heavy atom. The molecule has 0 spiro atoms. The Labute approximate surface area is 335 Å². The quantitative estimate of drug-likeness (QED) is 0.158. The highest BCUT2D eigenvalue weighted by Crippen LogP contribution is 2.42. The maximum absolute atomic E-state index is 2.39. The Kier molecular flexibility index (Phi) is 8.04. The van der Waals surface area contributed by atoms with Crippen LogP contribution in [0.5, 0.6) is 0 Å². The smallest absolute Gasteiger partial charge is 0.0547 e. The van der Waals surface area contributed by atoms with Crippen molar-refractivity contribution in [1.29, 1.82) is 0 Å². The second kappa shape index (κ2) is 13.8. The fourth-order valence-corrected chi connectivity index (χ4v) is 9.56. The molecule has 9 aromatic carbocycles. The minimum Gasteiger partial charge on any atom is -0.310 e. The van der Waals surface area contributed by atoms with E-state index in [2.05, 4.69) is 228 Å². The molecule has 0 bridgehead atoms. The van der Waals surface area contributed by atoms with Crippen molar-refractivity contribution in [1.82, 2.24) is 4.57 Å². The maximum Gasteiger partial charge on any atom is 0.0547 e. The van der Waals surface area contributed by atoms with E-state index >= 15 is 0 Å². The number of anilines is 3. The van der Waals surface area contributed by atoms with E-state index in [9.17, 15) is 0 Å². The molecule has 57 heavy (non-hydrogen) atoms. The van der Waals surface area contributed by atoms with Gasteiger partial charge in [-0.05, 0) is 106 Å². The van der Waals surface area contributed by atoms with Crippen molar-refractivity contribution in [3.63, 3.8) is 0 Å². The molecule has 0 amide bonds. The largest absolute Gasteiger partial charge is 0.310 e. The summed E-state index contributed by atoms with van der Waals surface area (Å²) in [5, 5.41) is 5.14. The Morgan fingerprint density at radius 3 is 1.54 bits per heavy atom. The highest BCUT2D eigenvalue weighted by atomic mass is 32.1. The van der Waals surface area contributed by atoms with Crippen molar-refractivity contribution in [3.8, 4) is 39.1 Å². The van der Waals surface area contributed by atoms with Gasteiger partial charge in [-0.2, -0.15) is 0 Å². The van der Waals surface area contributed by atoms with Crippen molar-refractivity contribution in [2.75, 3.05) is 4.90 Å². The van der Waals surface area contributed by atoms with E-state index in [0.717, 1.165) is 17.1 Å². The van der Waals surface area contributed by atoms with Crippen LogP contribution < -0.4 is 4.90 Å². The highest BCUT2D eigenvalue weighted by Gasteiger charge is 2.17. The van der Waals surface area contributed by atoms with Crippen molar-refractivity contribution in [2.45, 2.75) is 0 Å². The van der Waals surface area contributed by atoms with E-state index in [1.165, 1.54) is 81.0 Å². The molecule has 0 radical (unpaired) electrons. The number of nitrogens with zero attached hydrogens (tertiary/aromatic N) is 2. The summed E-state index contributed by atoms with van der Waals surface area (Å²) < 4.78 is 4.99. The summed E-state index contributed by atoms with van der Waals surface area (Å²) in [5.41, 5.74) is 14.1. The van der Waals surface area contributed by atoms with Gasteiger partial charge < -0.3 is 9.47 Å². The maximum atomic E-state index is 2.39. The first-order valence-electron chi connectivity index (χ1n) is 19.4. The average Bonchev–Trinajstić information content (AvgIpc) is 3.83. The summed E-state index contributed by atoms with van der Waals surface area (Å²) in [5.74, 6) is 0. The topological polar surface area (TPSA) is 8.17 Å². The van der Waals surface area contributed by atoms with Crippen molar-refractivity contribution in [3.05, 3.63) is 218 Å². The first kappa shape index (κ1) is 33.2. The van der Waals surface area contributed by atoms with Crippen molar-refractivity contribution >= 4 is 70.4 Å². The molecule has 2 nitrogen and oxygen atoms in total. The van der Waals surface area contributed by atoms with Crippen LogP contribution >= 0.6 is 11.3 Å². The second-order valence-corrected chi connectivity index (χ2v) is 15.7. The summed E-state index contributed by atoms with van der Waals surface area (Å²) >= 11 is 1.86. The molecule has 0 unspecified atom stereocenters. The van der Waals surface area contributed by atoms with Gasteiger partial charge in [0.1, 0.15) is 0 Å². The number of aromatic nitrogens is 1. The van der Waals surface area contributed by atoms with Crippen LogP contribution in [0.3, 0.4) is 0 Å². The number of hydrogen-bond acceptors (Lipinski definition) is 2. The minimum absolute atomic E-state index is 1.11. The fraction of sp³-hybridized carbons (Fsp3) is 0. The first-order chi connectivity index (χ1) is 28.2. The SMILES string of the molecule is c1ccc(-c2ccc(N(c3ccc(-c4cccc(-c5ccc6c7ccccc7n(-c7ccccc7)c6c5)c4)cc3)c3ccc4c(c3)sc3ccccc34)cc2)cc1. The molecule has 2 heterocycles. The average molecular weight is 745 g/mol. The molecule has 3 heteroatoms. The lowest BCUT2D eigenvalue weighted by Crippen LogP contribution is -2.09. The van der Waals surface area contributed by atoms with Crippen LogP contribution in [-0.4, -0.2) is 4.57 Å². The lowest BCUT2D eigenvalue weighted by molar-refractivity contribution is 1.18. The Balaban J connectivity index is 0.971. The molecule has 11 aromatic rings. The van der Waals surface area contributed by atoms with E-state index < -0.39 is 0 Å². The van der Waals surface area contributed by atoms with Gasteiger partial charge in [-0.3, -0.25) is 0 Å². The molecule has 2 aromatic heterocycles. The third kappa shape index (κ3) is 5.88. The third-order valence-electron chi connectivity index (χ3n) is 11.2. The van der Waals surface area contributed by atoms with Crippen LogP contribution in [0.15, 0.2) is 218 Å². The molecule has 0 fully saturated rings. The molecule has 0 aliphatic rings. The number of thiophene rings is 1. The monoisotopic (exact) mass is 744 g/mol. The van der Waals surface area contributed by atoms with Gasteiger partial charge in [-0.15, -0.1) is 11.3 Å². The number of fused-ring (bicyclic) bond motifs is 6. The summed E-state index contributed by atoms with van der Waals surface area (Å²) in [6.45, 7) is 0. The van der Waals surface area contributed by atoms with Gasteiger partial charge in [0.25, 0.3) is 0 Å². The van der Waals surface area contributed by atoms with Gasteiger partial charge in [0.05, 0.1) is 11.0 Å². The number of hydrogen-bond donors (Lipinski definition) is 0. The third-order valence-corrected chi connectivity index (χ3v) is 12.3. The van der Waals surface area contributed by atoms with Gasteiger partial charge >= 0.3 is 0 Å². The fourth-order valence-electron chi connectivity index (χ4n) is 8.42. The lowest BCUT2D eigenvalue weighted by Gasteiger charge is -2.26. The molecule has 0 saturated heterocycles. The predicted molar refractivity (Wildman–Crippen MR) is 245 cm³/mol. The highest BCUT2D eigenvalue weighted by molar-refractivity contribution is 7.25. The Bertz CT molecular complexity index is 3210. The normalized spacial score (nSPS) is 11.5. The predicted octanol–water partition coefficient (Wildman–Crippen LogP) is 15.6. The van der Waals surface area contributed by atoms with E-state index in [0.29, 0.717) is 0 Å². The van der Waals surface area contributed by atoms with Crippen LogP contribution in [0.1, 0.15) is 0 Å². The van der Waals surface area contributed by atoms with Crippen LogP contribution in [0.2, 0.25) is 0 Å². The van der Waals surface area contributed by atoms with Gasteiger partial charge in [-0.1, -0.05) is 146 Å². The van der Waals surface area contributed by atoms with Gasteiger partial charge in [0.15, 0.2) is 0 Å². The van der Waals surface area contributed by atoms with Crippen molar-refractivity contribution in [2.24, 2.45) is 0 Å². The van der Waals surface area contributed by atoms with Crippen LogP contribution in [0.25, 0.3) is 81.0 Å². The number of rotatable bonds is 7. The summed E-state index contributed by atoms with van der Waals surface area (Å²) in [6.07, 6.45) is 0.